The average molecular weight is 351 g/mol. The summed E-state index contributed by atoms with van der Waals surface area (Å²) in [6.07, 6.45) is 0.998. The number of fused-ring (bicyclic) bond motifs is 1. The van der Waals surface area contributed by atoms with Crippen molar-refractivity contribution >= 4 is 27.7 Å². The Hall–Kier alpha value is -0.970. The Morgan fingerprint density at radius 2 is 2.00 bits per heavy atom. The molecule has 0 amide bonds. The molecular weight excluding hydrogens is 336 g/mol. The summed E-state index contributed by atoms with van der Waals surface area (Å²) in [5.74, 6) is 1.95. The monoisotopic (exact) mass is 350 g/mol. The van der Waals surface area contributed by atoms with Gasteiger partial charge in [0.15, 0.2) is 0 Å². The van der Waals surface area contributed by atoms with E-state index in [4.69, 9.17) is 9.84 Å². The Morgan fingerprint density at radius 1 is 1.20 bits per heavy atom. The fourth-order valence-corrected chi connectivity index (χ4v) is 3.72. The molecule has 0 saturated carbocycles. The molecule has 2 nitrogen and oxygen atoms in total. The molecule has 104 valence electrons. The third-order valence-electron chi connectivity index (χ3n) is 3.33. The van der Waals surface area contributed by atoms with Crippen LogP contribution in [-0.4, -0.2) is 11.7 Å². The highest BCUT2D eigenvalue weighted by Crippen LogP contribution is 2.36. The summed E-state index contributed by atoms with van der Waals surface area (Å²) in [6, 6.07) is 12.3. The first kappa shape index (κ1) is 14.0. The van der Waals surface area contributed by atoms with Crippen LogP contribution in [0.15, 0.2) is 45.8 Å². The topological polar surface area (TPSA) is 29.5 Å². The van der Waals surface area contributed by atoms with Gasteiger partial charge in [0.25, 0.3) is 0 Å². The summed E-state index contributed by atoms with van der Waals surface area (Å²) < 4.78 is 6.86. The first-order chi connectivity index (χ1) is 9.76. The molecule has 0 fully saturated rings. The summed E-state index contributed by atoms with van der Waals surface area (Å²) in [7, 11) is 0. The predicted octanol–water partition coefficient (Wildman–Crippen LogP) is 4.17. The smallest absolute Gasteiger partial charge is 0.126 e. The molecule has 0 unspecified atom stereocenters. The number of aliphatic hydroxyl groups is 1. The van der Waals surface area contributed by atoms with Crippen molar-refractivity contribution in [2.24, 2.45) is 0 Å². The van der Waals surface area contributed by atoms with Crippen molar-refractivity contribution in [1.29, 1.82) is 0 Å². The van der Waals surface area contributed by atoms with Crippen LogP contribution >= 0.6 is 27.7 Å². The molecule has 0 bridgehead atoms. The van der Waals surface area contributed by atoms with Crippen molar-refractivity contribution in [1.82, 2.24) is 0 Å². The minimum atomic E-state index is 0.0952. The van der Waals surface area contributed by atoms with Gasteiger partial charge in [-0.05, 0) is 35.4 Å². The van der Waals surface area contributed by atoms with Crippen LogP contribution in [0.3, 0.4) is 0 Å². The van der Waals surface area contributed by atoms with Crippen LogP contribution in [0.5, 0.6) is 5.75 Å². The highest BCUT2D eigenvalue weighted by molar-refractivity contribution is 9.10. The minimum absolute atomic E-state index is 0.0952. The van der Waals surface area contributed by atoms with Crippen LogP contribution in [-0.2, 0) is 18.8 Å². The maximum absolute atomic E-state index is 9.04. The lowest BCUT2D eigenvalue weighted by atomic mass is 10.1. The van der Waals surface area contributed by atoms with E-state index in [1.165, 1.54) is 16.0 Å². The SMILES string of the molecule is OCc1ccc(SCc2cc(Br)cc3c2OCC3)cc1. The fourth-order valence-electron chi connectivity index (χ4n) is 2.31. The van der Waals surface area contributed by atoms with Gasteiger partial charge in [-0.25, -0.2) is 0 Å². The van der Waals surface area contributed by atoms with Crippen LogP contribution in [0.1, 0.15) is 16.7 Å². The number of halogens is 1. The quantitative estimate of drug-likeness (QED) is 0.839. The number of thioether (sulfide) groups is 1. The van der Waals surface area contributed by atoms with E-state index in [-0.39, 0.29) is 6.61 Å². The Bertz CT molecular complexity index is 611. The lowest BCUT2D eigenvalue weighted by Crippen LogP contribution is -1.91. The van der Waals surface area contributed by atoms with Crippen LogP contribution in [0.4, 0.5) is 0 Å². The first-order valence-corrected chi connectivity index (χ1v) is 8.31. The Morgan fingerprint density at radius 3 is 2.75 bits per heavy atom. The van der Waals surface area contributed by atoms with Gasteiger partial charge in [0, 0.05) is 27.1 Å². The summed E-state index contributed by atoms with van der Waals surface area (Å²) in [5, 5.41) is 9.04. The van der Waals surface area contributed by atoms with Crippen molar-refractivity contribution in [3.63, 3.8) is 0 Å². The zero-order valence-electron chi connectivity index (χ0n) is 10.9. The fraction of sp³-hybridized carbons (Fsp3) is 0.250. The highest BCUT2D eigenvalue weighted by atomic mass is 79.9. The van der Waals surface area contributed by atoms with E-state index in [1.807, 2.05) is 12.1 Å². The van der Waals surface area contributed by atoms with E-state index in [0.717, 1.165) is 34.6 Å². The van der Waals surface area contributed by atoms with Gasteiger partial charge >= 0.3 is 0 Å². The lowest BCUT2D eigenvalue weighted by Gasteiger charge is -2.09. The van der Waals surface area contributed by atoms with Crippen LogP contribution in [0.2, 0.25) is 0 Å². The summed E-state index contributed by atoms with van der Waals surface area (Å²) in [5.41, 5.74) is 3.48. The molecule has 0 atom stereocenters. The third-order valence-corrected chi connectivity index (χ3v) is 4.84. The van der Waals surface area contributed by atoms with Gasteiger partial charge in [0.2, 0.25) is 0 Å². The van der Waals surface area contributed by atoms with Crippen molar-refractivity contribution in [2.75, 3.05) is 6.61 Å². The van der Waals surface area contributed by atoms with Gasteiger partial charge in [0.1, 0.15) is 5.75 Å². The Kier molecular flexibility index (Phi) is 4.34. The van der Waals surface area contributed by atoms with E-state index in [9.17, 15) is 0 Å². The molecule has 0 radical (unpaired) electrons. The third kappa shape index (κ3) is 3.03. The lowest BCUT2D eigenvalue weighted by molar-refractivity contribution is 0.282. The standard InChI is InChI=1S/C16H15BrO2S/c17-14-7-12-5-6-19-16(12)13(8-14)10-20-15-3-1-11(9-18)2-4-15/h1-4,7-8,18H,5-6,9-10H2. The molecular formula is C16H15BrO2S. The molecule has 20 heavy (non-hydrogen) atoms. The summed E-state index contributed by atoms with van der Waals surface area (Å²) in [6.45, 7) is 0.882. The second kappa shape index (κ2) is 6.20. The summed E-state index contributed by atoms with van der Waals surface area (Å²) in [4.78, 5) is 1.20. The predicted molar refractivity (Wildman–Crippen MR) is 85.3 cm³/mol. The van der Waals surface area contributed by atoms with Crippen molar-refractivity contribution < 1.29 is 9.84 Å². The van der Waals surface area contributed by atoms with Gasteiger partial charge in [0.05, 0.1) is 13.2 Å². The largest absolute Gasteiger partial charge is 0.493 e. The van der Waals surface area contributed by atoms with Crippen molar-refractivity contribution in [3.8, 4) is 5.75 Å². The van der Waals surface area contributed by atoms with E-state index in [0.29, 0.717) is 0 Å². The second-order valence-corrected chi connectivity index (χ2v) is 6.71. The normalized spacial score (nSPS) is 13.1. The zero-order valence-corrected chi connectivity index (χ0v) is 13.3. The molecule has 1 aliphatic rings. The van der Waals surface area contributed by atoms with Crippen LogP contribution in [0, 0.1) is 0 Å². The maximum Gasteiger partial charge on any atom is 0.126 e. The molecule has 0 aliphatic carbocycles. The number of aliphatic hydroxyl groups excluding tert-OH is 1. The molecule has 0 spiro atoms. The first-order valence-electron chi connectivity index (χ1n) is 6.53. The molecule has 1 heterocycles. The van der Waals surface area contributed by atoms with E-state index < -0.39 is 0 Å². The van der Waals surface area contributed by atoms with Gasteiger partial charge in [-0.1, -0.05) is 28.1 Å². The Balaban J connectivity index is 1.75. The molecule has 4 heteroatoms. The molecule has 2 aromatic carbocycles. The number of ether oxygens (including phenoxy) is 1. The molecule has 3 rings (SSSR count). The van der Waals surface area contributed by atoms with Crippen LogP contribution in [0.25, 0.3) is 0 Å². The van der Waals surface area contributed by atoms with Gasteiger partial charge in [-0.3, -0.25) is 0 Å². The van der Waals surface area contributed by atoms with E-state index in [1.54, 1.807) is 11.8 Å². The summed E-state index contributed by atoms with van der Waals surface area (Å²) >= 11 is 5.35. The zero-order chi connectivity index (χ0) is 13.9. The molecule has 0 saturated heterocycles. The van der Waals surface area contributed by atoms with E-state index in [2.05, 4.69) is 40.2 Å². The van der Waals surface area contributed by atoms with Crippen LogP contribution < -0.4 is 4.74 Å². The van der Waals surface area contributed by atoms with E-state index >= 15 is 0 Å². The number of hydrogen-bond acceptors (Lipinski definition) is 3. The van der Waals surface area contributed by atoms with Gasteiger partial charge in [-0.15, -0.1) is 11.8 Å². The molecule has 1 N–H and O–H groups in total. The molecule has 2 aromatic rings. The minimum Gasteiger partial charge on any atom is -0.493 e. The van der Waals surface area contributed by atoms with Gasteiger partial charge in [-0.2, -0.15) is 0 Å². The molecule has 0 aromatic heterocycles. The Labute approximate surface area is 131 Å². The maximum atomic E-state index is 9.04. The number of benzene rings is 2. The average Bonchev–Trinajstić information content (AvgIpc) is 2.93. The number of hydrogen-bond donors (Lipinski definition) is 1. The second-order valence-electron chi connectivity index (χ2n) is 4.74. The molecule has 1 aliphatic heterocycles. The number of rotatable bonds is 4. The van der Waals surface area contributed by atoms with Crippen molar-refractivity contribution in [3.05, 3.63) is 57.6 Å². The van der Waals surface area contributed by atoms with Crippen molar-refractivity contribution in [2.45, 2.75) is 23.7 Å². The highest BCUT2D eigenvalue weighted by Gasteiger charge is 2.17. The van der Waals surface area contributed by atoms with Gasteiger partial charge < -0.3 is 9.84 Å².